The standard InChI is InChI=1S/C25H25F6N3O2S/c1-15-4-5-20-21(16(15)2)32-23(37-20)34(7-3-6-33-8-10-36-11-9-33)22(35)17-12-18(24(26,27)28)14-19(13-17)25(29,30)31/h4-5,12-14H,3,6-11H2,1-2H3. The van der Waals surface area contributed by atoms with Crippen LogP contribution in [0.1, 0.15) is 39.0 Å². The first kappa shape index (κ1) is 27.3. The average Bonchev–Trinajstić information content (AvgIpc) is 3.28. The molecule has 0 bridgehead atoms. The molecule has 0 N–H and O–H groups in total. The second-order valence-corrected chi connectivity index (χ2v) is 9.92. The smallest absolute Gasteiger partial charge is 0.379 e. The second-order valence-electron chi connectivity index (χ2n) is 8.91. The minimum atomic E-state index is -5.05. The number of halogens is 6. The lowest BCUT2D eigenvalue weighted by Crippen LogP contribution is -2.39. The minimum Gasteiger partial charge on any atom is -0.379 e. The van der Waals surface area contributed by atoms with Gasteiger partial charge in [0.2, 0.25) is 0 Å². The summed E-state index contributed by atoms with van der Waals surface area (Å²) in [4.78, 5) is 21.4. The van der Waals surface area contributed by atoms with E-state index in [4.69, 9.17) is 4.74 Å². The van der Waals surface area contributed by atoms with E-state index in [-0.39, 0.29) is 17.7 Å². The number of morpholine rings is 1. The van der Waals surface area contributed by atoms with Crippen molar-refractivity contribution in [3.8, 4) is 0 Å². The predicted molar refractivity (Wildman–Crippen MR) is 129 cm³/mol. The van der Waals surface area contributed by atoms with Gasteiger partial charge in [-0.15, -0.1) is 0 Å². The Morgan fingerprint density at radius 3 is 2.24 bits per heavy atom. The van der Waals surface area contributed by atoms with Gasteiger partial charge in [-0.2, -0.15) is 26.3 Å². The highest BCUT2D eigenvalue weighted by Crippen LogP contribution is 2.38. The third kappa shape index (κ3) is 6.24. The Morgan fingerprint density at radius 1 is 1.03 bits per heavy atom. The number of benzene rings is 2. The normalized spacial score (nSPS) is 15.4. The zero-order chi connectivity index (χ0) is 27.0. The van der Waals surface area contributed by atoms with E-state index in [0.29, 0.717) is 56.9 Å². The Kier molecular flexibility index (Phi) is 7.82. The molecule has 12 heteroatoms. The van der Waals surface area contributed by atoms with Crippen molar-refractivity contribution in [2.45, 2.75) is 32.6 Å². The summed E-state index contributed by atoms with van der Waals surface area (Å²) in [5, 5.41) is 0.224. The number of nitrogens with zero attached hydrogens (tertiary/aromatic N) is 3. The number of carbonyl (C=O) groups is 1. The van der Waals surface area contributed by atoms with Crippen molar-refractivity contribution in [3.05, 3.63) is 58.1 Å². The van der Waals surface area contributed by atoms with Crippen LogP contribution in [0.15, 0.2) is 30.3 Å². The van der Waals surface area contributed by atoms with E-state index < -0.39 is 35.0 Å². The van der Waals surface area contributed by atoms with Crippen LogP contribution in [0.4, 0.5) is 31.5 Å². The van der Waals surface area contributed by atoms with Crippen LogP contribution >= 0.6 is 11.3 Å². The molecule has 5 nitrogen and oxygen atoms in total. The lowest BCUT2D eigenvalue weighted by Gasteiger charge is -2.28. The van der Waals surface area contributed by atoms with Crippen LogP contribution in [-0.2, 0) is 17.1 Å². The fourth-order valence-corrected chi connectivity index (χ4v) is 5.17. The summed E-state index contributed by atoms with van der Waals surface area (Å²) >= 11 is 1.17. The molecule has 0 radical (unpaired) electrons. The van der Waals surface area contributed by atoms with Crippen LogP contribution in [0.3, 0.4) is 0 Å². The zero-order valence-corrected chi connectivity index (χ0v) is 21.0. The molecular weight excluding hydrogens is 520 g/mol. The van der Waals surface area contributed by atoms with E-state index in [1.165, 1.54) is 16.2 Å². The molecule has 37 heavy (non-hydrogen) atoms. The van der Waals surface area contributed by atoms with Crippen LogP contribution in [0.5, 0.6) is 0 Å². The third-order valence-electron chi connectivity index (χ3n) is 6.34. The number of anilines is 1. The molecular formula is C25H25F6N3O2S. The summed E-state index contributed by atoms with van der Waals surface area (Å²) in [5.74, 6) is -0.966. The van der Waals surface area contributed by atoms with Gasteiger partial charge in [0.1, 0.15) is 0 Å². The van der Waals surface area contributed by atoms with E-state index >= 15 is 0 Å². The van der Waals surface area contributed by atoms with Gasteiger partial charge in [0.15, 0.2) is 5.13 Å². The molecule has 3 aromatic rings. The second kappa shape index (κ2) is 10.6. The first-order valence-electron chi connectivity index (χ1n) is 11.6. The highest BCUT2D eigenvalue weighted by Gasteiger charge is 2.38. The molecule has 0 spiro atoms. The van der Waals surface area contributed by atoms with E-state index in [1.54, 1.807) is 0 Å². The third-order valence-corrected chi connectivity index (χ3v) is 7.39. The number of rotatable bonds is 6. The monoisotopic (exact) mass is 545 g/mol. The molecule has 0 atom stereocenters. The van der Waals surface area contributed by atoms with Crippen molar-refractivity contribution in [3.63, 3.8) is 0 Å². The fraction of sp³-hybridized carbons (Fsp3) is 0.440. The Balaban J connectivity index is 1.72. The molecule has 2 heterocycles. The van der Waals surface area contributed by atoms with E-state index in [1.807, 2.05) is 26.0 Å². The van der Waals surface area contributed by atoms with Crippen molar-refractivity contribution in [1.82, 2.24) is 9.88 Å². The highest BCUT2D eigenvalue weighted by molar-refractivity contribution is 7.22. The van der Waals surface area contributed by atoms with Gasteiger partial charge in [-0.1, -0.05) is 17.4 Å². The van der Waals surface area contributed by atoms with Crippen molar-refractivity contribution >= 4 is 32.6 Å². The zero-order valence-electron chi connectivity index (χ0n) is 20.2. The number of thiazole rings is 1. The molecule has 2 aromatic carbocycles. The summed E-state index contributed by atoms with van der Waals surface area (Å²) < 4.78 is 86.7. The highest BCUT2D eigenvalue weighted by atomic mass is 32.1. The van der Waals surface area contributed by atoms with Gasteiger partial charge in [-0.25, -0.2) is 4.98 Å². The first-order valence-corrected chi connectivity index (χ1v) is 12.4. The van der Waals surface area contributed by atoms with Crippen molar-refractivity contribution in [1.29, 1.82) is 0 Å². The van der Waals surface area contributed by atoms with Crippen LogP contribution in [0.2, 0.25) is 0 Å². The number of amides is 1. The van der Waals surface area contributed by atoms with Gasteiger partial charge >= 0.3 is 12.4 Å². The number of hydrogen-bond donors (Lipinski definition) is 0. The molecule has 0 saturated carbocycles. The Bertz CT molecular complexity index is 1250. The van der Waals surface area contributed by atoms with Gasteiger partial charge in [0.25, 0.3) is 5.91 Å². The van der Waals surface area contributed by atoms with Gasteiger partial charge in [-0.05, 0) is 55.7 Å². The topological polar surface area (TPSA) is 45.7 Å². The van der Waals surface area contributed by atoms with Gasteiger partial charge in [0.05, 0.1) is 34.6 Å². The Hall–Kier alpha value is -2.70. The number of ether oxygens (including phenoxy) is 1. The van der Waals surface area contributed by atoms with Crippen LogP contribution in [0.25, 0.3) is 10.2 Å². The lowest BCUT2D eigenvalue weighted by molar-refractivity contribution is -0.143. The molecule has 1 aliphatic heterocycles. The van der Waals surface area contributed by atoms with E-state index in [0.717, 1.165) is 15.8 Å². The number of alkyl halides is 6. The van der Waals surface area contributed by atoms with Gasteiger partial charge < -0.3 is 4.74 Å². The molecule has 0 unspecified atom stereocenters. The number of fused-ring (bicyclic) bond motifs is 1. The molecule has 0 aliphatic carbocycles. The fourth-order valence-electron chi connectivity index (χ4n) is 4.13. The largest absolute Gasteiger partial charge is 0.416 e. The molecule has 1 fully saturated rings. The number of aryl methyl sites for hydroxylation is 2. The predicted octanol–water partition coefficient (Wildman–Crippen LogP) is 6.32. The lowest BCUT2D eigenvalue weighted by atomic mass is 10.0. The summed E-state index contributed by atoms with van der Waals surface area (Å²) in [5.41, 5.74) is -1.25. The Labute approximate surface area is 213 Å². The maximum atomic E-state index is 13.5. The SMILES string of the molecule is Cc1ccc2sc(N(CCCN3CCOCC3)C(=O)c3cc(C(F)(F)F)cc(C(F)(F)F)c3)nc2c1C. The van der Waals surface area contributed by atoms with Crippen molar-refractivity contribution in [2.75, 3.05) is 44.3 Å². The van der Waals surface area contributed by atoms with E-state index in [9.17, 15) is 31.1 Å². The van der Waals surface area contributed by atoms with Gasteiger partial charge in [-0.3, -0.25) is 14.6 Å². The maximum Gasteiger partial charge on any atom is 0.416 e. The van der Waals surface area contributed by atoms with Crippen LogP contribution in [0, 0.1) is 13.8 Å². The quantitative estimate of drug-likeness (QED) is 0.340. The minimum absolute atomic E-state index is 0.0172. The van der Waals surface area contributed by atoms with Crippen LogP contribution < -0.4 is 4.90 Å². The van der Waals surface area contributed by atoms with Crippen LogP contribution in [-0.4, -0.2) is 55.2 Å². The number of hydrogen-bond acceptors (Lipinski definition) is 5. The van der Waals surface area contributed by atoms with Crippen molar-refractivity contribution in [2.24, 2.45) is 0 Å². The summed E-state index contributed by atoms with van der Waals surface area (Å²) in [7, 11) is 0. The Morgan fingerprint density at radius 2 is 1.65 bits per heavy atom. The summed E-state index contributed by atoms with van der Waals surface area (Å²) in [6.07, 6.45) is -9.66. The van der Waals surface area contributed by atoms with Gasteiger partial charge in [0, 0.05) is 31.7 Å². The molecule has 200 valence electrons. The number of carbonyl (C=O) groups excluding carboxylic acids is 1. The molecule has 1 aromatic heterocycles. The maximum absolute atomic E-state index is 13.5. The molecule has 1 aliphatic rings. The molecule has 1 saturated heterocycles. The average molecular weight is 546 g/mol. The first-order chi connectivity index (χ1) is 17.3. The van der Waals surface area contributed by atoms with Crippen molar-refractivity contribution < 1.29 is 35.9 Å². The summed E-state index contributed by atoms with van der Waals surface area (Å²) in [6.45, 7) is 6.99. The molecule has 4 rings (SSSR count). The van der Waals surface area contributed by atoms with E-state index in [2.05, 4.69) is 9.88 Å². The molecule has 1 amide bonds. The summed E-state index contributed by atoms with van der Waals surface area (Å²) in [6, 6.07) is 4.68. The number of aromatic nitrogens is 1.